The zero-order valence-corrected chi connectivity index (χ0v) is 7.78. The van der Waals surface area contributed by atoms with Gasteiger partial charge >= 0.3 is 0 Å². The molecule has 3 heterocycles. The average molecular weight is 199 g/mol. The Morgan fingerprint density at radius 3 is 3.00 bits per heavy atom. The van der Waals surface area contributed by atoms with Crippen molar-refractivity contribution >= 4 is 5.65 Å². The van der Waals surface area contributed by atoms with Gasteiger partial charge in [-0.2, -0.15) is 4.80 Å². The Labute approximate surface area is 85.2 Å². The monoisotopic (exact) mass is 199 g/mol. The summed E-state index contributed by atoms with van der Waals surface area (Å²) in [6.45, 7) is 0. The Kier molecular flexibility index (Phi) is 1.55. The summed E-state index contributed by atoms with van der Waals surface area (Å²) < 4.78 is 1.90. The van der Waals surface area contributed by atoms with Gasteiger partial charge in [0.2, 0.25) is 5.82 Å². The molecule has 6 nitrogen and oxygen atoms in total. The lowest BCUT2D eigenvalue weighted by molar-refractivity contribution is 0.714. The second-order valence-corrected chi connectivity index (χ2v) is 3.10. The van der Waals surface area contributed by atoms with Crippen LogP contribution in [0.15, 0.2) is 30.7 Å². The number of tetrazole rings is 1. The average Bonchev–Trinajstić information content (AvgIpc) is 2.84. The Bertz CT molecular complexity index is 608. The predicted octanol–water partition coefficient (Wildman–Crippen LogP) is 0.627. The first-order valence-corrected chi connectivity index (χ1v) is 4.37. The molecule has 3 rings (SSSR count). The molecule has 1 radical (unpaired) electrons. The summed E-state index contributed by atoms with van der Waals surface area (Å²) in [5.74, 6) is 0.556. The molecule has 0 fully saturated rings. The highest BCUT2D eigenvalue weighted by atomic mass is 15.6. The Hall–Kier alpha value is -2.24. The highest BCUT2D eigenvalue weighted by Gasteiger charge is 2.04. The molecule has 3 aromatic heterocycles. The van der Waals surface area contributed by atoms with Crippen molar-refractivity contribution in [3.8, 4) is 11.4 Å². The van der Waals surface area contributed by atoms with Crippen molar-refractivity contribution in [3.05, 3.63) is 37.8 Å². The van der Waals surface area contributed by atoms with Gasteiger partial charge in [0, 0.05) is 24.2 Å². The maximum Gasteiger partial charge on any atom is 0.206 e. The minimum atomic E-state index is 0.556. The minimum Gasteiger partial charge on any atom is -0.306 e. The molecule has 0 saturated heterocycles. The number of hydrogen-bond acceptors (Lipinski definition) is 4. The summed E-state index contributed by atoms with van der Waals surface area (Å²) in [5.41, 5.74) is 1.77. The van der Waals surface area contributed by atoms with E-state index in [4.69, 9.17) is 0 Å². The number of aromatic nitrogens is 6. The van der Waals surface area contributed by atoms with Crippen molar-refractivity contribution in [3.63, 3.8) is 0 Å². The topological polar surface area (TPSA) is 60.9 Å². The van der Waals surface area contributed by atoms with Crippen LogP contribution in [0.3, 0.4) is 0 Å². The van der Waals surface area contributed by atoms with Gasteiger partial charge in [0.1, 0.15) is 5.65 Å². The quantitative estimate of drug-likeness (QED) is 0.576. The van der Waals surface area contributed by atoms with E-state index >= 15 is 0 Å². The third-order valence-corrected chi connectivity index (χ3v) is 2.10. The normalized spacial score (nSPS) is 11.0. The smallest absolute Gasteiger partial charge is 0.206 e. The van der Waals surface area contributed by atoms with Gasteiger partial charge in [-0.15, -0.1) is 10.2 Å². The van der Waals surface area contributed by atoms with Crippen LogP contribution in [0.1, 0.15) is 0 Å². The van der Waals surface area contributed by atoms with Crippen LogP contribution in [0.2, 0.25) is 0 Å². The Morgan fingerprint density at radius 1 is 1.27 bits per heavy atom. The second kappa shape index (κ2) is 2.88. The molecular formula is C9H7N6. The van der Waals surface area contributed by atoms with Crippen molar-refractivity contribution in [1.29, 1.82) is 0 Å². The van der Waals surface area contributed by atoms with Gasteiger partial charge in [0.15, 0.2) is 0 Å². The van der Waals surface area contributed by atoms with E-state index in [2.05, 4.69) is 27.4 Å². The molecule has 0 atom stereocenters. The van der Waals surface area contributed by atoms with Crippen LogP contribution in [-0.4, -0.2) is 29.6 Å². The third-order valence-electron chi connectivity index (χ3n) is 2.10. The lowest BCUT2D eigenvalue weighted by atomic mass is 10.3. The van der Waals surface area contributed by atoms with E-state index in [1.165, 1.54) is 4.80 Å². The molecule has 0 aliphatic heterocycles. The van der Waals surface area contributed by atoms with E-state index in [9.17, 15) is 0 Å². The highest BCUT2D eigenvalue weighted by Crippen LogP contribution is 2.14. The van der Waals surface area contributed by atoms with Crippen LogP contribution in [0.4, 0.5) is 0 Å². The van der Waals surface area contributed by atoms with Gasteiger partial charge in [-0.1, -0.05) is 0 Å². The maximum absolute atomic E-state index is 4.15. The summed E-state index contributed by atoms with van der Waals surface area (Å²) >= 11 is 0. The molecule has 0 amide bonds. The molecular weight excluding hydrogens is 192 g/mol. The van der Waals surface area contributed by atoms with Gasteiger partial charge in [-0.25, -0.2) is 4.98 Å². The summed E-state index contributed by atoms with van der Waals surface area (Å²) in [6, 6.07) is 3.80. The van der Waals surface area contributed by atoms with Crippen LogP contribution in [0, 0.1) is 7.05 Å². The summed E-state index contributed by atoms with van der Waals surface area (Å²) in [6.07, 6.45) is 5.51. The molecule has 0 aliphatic rings. The molecule has 73 valence electrons. The molecule has 0 aliphatic carbocycles. The number of fused-ring (bicyclic) bond motifs is 1. The van der Waals surface area contributed by atoms with Gasteiger partial charge in [0.25, 0.3) is 0 Å². The van der Waals surface area contributed by atoms with E-state index in [1.807, 2.05) is 28.9 Å². The Morgan fingerprint density at radius 2 is 2.20 bits per heavy atom. The first kappa shape index (κ1) is 8.10. The summed E-state index contributed by atoms with van der Waals surface area (Å²) in [7, 11) is 3.53. The Balaban J connectivity index is 2.18. The van der Waals surface area contributed by atoms with Gasteiger partial charge < -0.3 is 4.40 Å². The van der Waals surface area contributed by atoms with E-state index in [0.29, 0.717) is 5.82 Å². The zero-order valence-electron chi connectivity index (χ0n) is 7.78. The number of imidazole rings is 1. The van der Waals surface area contributed by atoms with Crippen LogP contribution < -0.4 is 0 Å². The fourth-order valence-corrected chi connectivity index (χ4v) is 1.41. The van der Waals surface area contributed by atoms with Crippen molar-refractivity contribution in [2.45, 2.75) is 0 Å². The van der Waals surface area contributed by atoms with Crippen molar-refractivity contribution in [2.75, 3.05) is 0 Å². The minimum absolute atomic E-state index is 0.556. The molecule has 0 unspecified atom stereocenters. The summed E-state index contributed by atoms with van der Waals surface area (Å²) in [5, 5.41) is 11.6. The first-order chi connectivity index (χ1) is 7.33. The van der Waals surface area contributed by atoms with Gasteiger partial charge in [-0.05, 0) is 17.3 Å². The van der Waals surface area contributed by atoms with Gasteiger partial charge in [0.05, 0.1) is 7.05 Å². The highest BCUT2D eigenvalue weighted by molar-refractivity contribution is 5.56. The SMILES string of the molecule is [CH2]n1nnc(-c2ccc3nccn3c2)n1. The lowest BCUT2D eigenvalue weighted by Crippen LogP contribution is -1.90. The molecule has 0 aromatic carbocycles. The van der Waals surface area contributed by atoms with Crippen molar-refractivity contribution in [1.82, 2.24) is 29.6 Å². The molecule has 0 spiro atoms. The van der Waals surface area contributed by atoms with Crippen LogP contribution in [-0.2, 0) is 0 Å². The van der Waals surface area contributed by atoms with Crippen LogP contribution in [0.25, 0.3) is 17.0 Å². The fourth-order valence-electron chi connectivity index (χ4n) is 1.41. The first-order valence-electron chi connectivity index (χ1n) is 4.37. The molecule has 6 heteroatoms. The van der Waals surface area contributed by atoms with E-state index < -0.39 is 0 Å². The van der Waals surface area contributed by atoms with E-state index in [1.54, 1.807) is 6.20 Å². The van der Waals surface area contributed by atoms with E-state index in [-0.39, 0.29) is 0 Å². The van der Waals surface area contributed by atoms with Crippen molar-refractivity contribution in [2.24, 2.45) is 0 Å². The standard InChI is InChI=1S/C9H7N6/c1-14-12-9(11-13-14)7-2-3-8-10-4-5-15(8)6-7/h2-6H,1H2. The second-order valence-electron chi connectivity index (χ2n) is 3.10. The van der Waals surface area contributed by atoms with Crippen molar-refractivity contribution < 1.29 is 0 Å². The molecule has 0 bridgehead atoms. The third kappa shape index (κ3) is 1.26. The number of hydrogen-bond donors (Lipinski definition) is 0. The maximum atomic E-state index is 4.15. The molecule has 15 heavy (non-hydrogen) atoms. The van der Waals surface area contributed by atoms with Gasteiger partial charge in [-0.3, -0.25) is 0 Å². The van der Waals surface area contributed by atoms with Crippen LogP contribution in [0.5, 0.6) is 0 Å². The number of rotatable bonds is 1. The fraction of sp³-hybridized carbons (Fsp3) is 0. The molecule has 3 aromatic rings. The zero-order chi connectivity index (χ0) is 10.3. The predicted molar refractivity (Wildman–Crippen MR) is 52.8 cm³/mol. The number of pyridine rings is 1. The molecule has 0 N–H and O–H groups in total. The summed E-state index contributed by atoms with van der Waals surface area (Å²) in [4.78, 5) is 5.34. The number of nitrogens with zero attached hydrogens (tertiary/aromatic N) is 6. The lowest BCUT2D eigenvalue weighted by Gasteiger charge is -1.96. The van der Waals surface area contributed by atoms with E-state index in [0.717, 1.165) is 11.2 Å². The largest absolute Gasteiger partial charge is 0.306 e. The van der Waals surface area contributed by atoms with Crippen LogP contribution >= 0.6 is 0 Å². The molecule has 0 saturated carbocycles.